The summed E-state index contributed by atoms with van der Waals surface area (Å²) < 4.78 is 0. The highest BCUT2D eigenvalue weighted by Gasteiger charge is 2.15. The SMILES string of the molecule is CCC(C)CC(=NC1CCCC1)NN. The Kier molecular flexibility index (Phi) is 4.94. The van der Waals surface area contributed by atoms with Gasteiger partial charge >= 0.3 is 0 Å². The summed E-state index contributed by atoms with van der Waals surface area (Å²) in [4.78, 5) is 4.66. The van der Waals surface area contributed by atoms with Crippen LogP contribution in [0.2, 0.25) is 0 Å². The maximum atomic E-state index is 5.47. The Balaban J connectivity index is 2.42. The summed E-state index contributed by atoms with van der Waals surface area (Å²) in [7, 11) is 0. The summed E-state index contributed by atoms with van der Waals surface area (Å²) in [5, 5.41) is 0. The van der Waals surface area contributed by atoms with Gasteiger partial charge in [0.2, 0.25) is 0 Å². The minimum Gasteiger partial charge on any atom is -0.312 e. The fraction of sp³-hybridized carbons (Fsp3) is 0.909. The molecule has 14 heavy (non-hydrogen) atoms. The van der Waals surface area contributed by atoms with Crippen LogP contribution in [0.3, 0.4) is 0 Å². The standard InChI is InChI=1S/C11H23N3/c1-3-9(2)8-11(14-12)13-10-6-4-5-7-10/h9-10H,3-8,12H2,1-2H3,(H,13,14). The predicted molar refractivity (Wildman–Crippen MR) is 61.1 cm³/mol. The van der Waals surface area contributed by atoms with E-state index in [4.69, 9.17) is 5.84 Å². The van der Waals surface area contributed by atoms with Gasteiger partial charge in [-0.15, -0.1) is 0 Å². The quantitative estimate of drug-likeness (QED) is 0.314. The van der Waals surface area contributed by atoms with Crippen molar-refractivity contribution >= 4 is 5.84 Å². The Morgan fingerprint density at radius 2 is 2.14 bits per heavy atom. The lowest BCUT2D eigenvalue weighted by Gasteiger charge is -2.12. The van der Waals surface area contributed by atoms with E-state index in [-0.39, 0.29) is 0 Å². The van der Waals surface area contributed by atoms with Crippen molar-refractivity contribution in [1.82, 2.24) is 5.43 Å². The maximum Gasteiger partial charge on any atom is 0.111 e. The molecule has 1 unspecified atom stereocenters. The highest BCUT2D eigenvalue weighted by atomic mass is 15.3. The lowest BCUT2D eigenvalue weighted by Crippen LogP contribution is -2.32. The summed E-state index contributed by atoms with van der Waals surface area (Å²) in [6, 6.07) is 0.533. The Hall–Kier alpha value is -0.570. The van der Waals surface area contributed by atoms with Gasteiger partial charge in [-0.1, -0.05) is 33.1 Å². The van der Waals surface area contributed by atoms with Crippen LogP contribution < -0.4 is 11.3 Å². The molecule has 0 bridgehead atoms. The molecule has 0 radical (unpaired) electrons. The number of hydrogen-bond donors (Lipinski definition) is 2. The van der Waals surface area contributed by atoms with Crippen molar-refractivity contribution in [3.05, 3.63) is 0 Å². The number of hydrogen-bond acceptors (Lipinski definition) is 2. The van der Waals surface area contributed by atoms with E-state index in [0.29, 0.717) is 12.0 Å². The third-order valence-electron chi connectivity index (χ3n) is 3.07. The molecule has 0 amide bonds. The minimum atomic E-state index is 0.533. The van der Waals surface area contributed by atoms with Crippen molar-refractivity contribution in [2.24, 2.45) is 16.8 Å². The van der Waals surface area contributed by atoms with E-state index >= 15 is 0 Å². The molecule has 0 heterocycles. The third-order valence-corrected chi connectivity index (χ3v) is 3.07. The molecule has 82 valence electrons. The molecule has 1 aliphatic rings. The van der Waals surface area contributed by atoms with Crippen LogP contribution in [0.4, 0.5) is 0 Å². The first-order valence-electron chi connectivity index (χ1n) is 5.79. The molecule has 1 atom stereocenters. The zero-order valence-corrected chi connectivity index (χ0v) is 9.42. The molecule has 0 aliphatic heterocycles. The van der Waals surface area contributed by atoms with Crippen molar-refractivity contribution in [3.63, 3.8) is 0 Å². The first kappa shape index (κ1) is 11.5. The Labute approximate surface area is 87.1 Å². The van der Waals surface area contributed by atoms with E-state index in [1.54, 1.807) is 0 Å². The number of nitrogens with zero attached hydrogens (tertiary/aromatic N) is 1. The van der Waals surface area contributed by atoms with Gasteiger partial charge in [-0.2, -0.15) is 0 Å². The minimum absolute atomic E-state index is 0.533. The van der Waals surface area contributed by atoms with Gasteiger partial charge in [0.05, 0.1) is 6.04 Å². The summed E-state index contributed by atoms with van der Waals surface area (Å²) in [5.41, 5.74) is 2.74. The monoisotopic (exact) mass is 197 g/mol. The fourth-order valence-electron chi connectivity index (χ4n) is 1.88. The zero-order valence-electron chi connectivity index (χ0n) is 9.42. The van der Waals surface area contributed by atoms with Crippen molar-refractivity contribution in [3.8, 4) is 0 Å². The predicted octanol–water partition coefficient (Wildman–Crippen LogP) is 2.23. The van der Waals surface area contributed by atoms with Crippen LogP contribution in [0.5, 0.6) is 0 Å². The molecule has 0 aromatic rings. The van der Waals surface area contributed by atoms with Gasteiger partial charge in [-0.25, -0.2) is 5.84 Å². The van der Waals surface area contributed by atoms with Crippen LogP contribution in [0.15, 0.2) is 4.99 Å². The normalized spacial score (nSPS) is 21.2. The zero-order chi connectivity index (χ0) is 10.4. The van der Waals surface area contributed by atoms with Crippen LogP contribution in [-0.2, 0) is 0 Å². The second kappa shape index (κ2) is 6.02. The average Bonchev–Trinajstić information content (AvgIpc) is 2.69. The molecule has 3 heteroatoms. The van der Waals surface area contributed by atoms with Gasteiger partial charge in [0, 0.05) is 6.42 Å². The van der Waals surface area contributed by atoms with Gasteiger partial charge in [0.25, 0.3) is 0 Å². The van der Waals surface area contributed by atoms with Crippen LogP contribution in [-0.4, -0.2) is 11.9 Å². The Bertz CT molecular complexity index is 183. The van der Waals surface area contributed by atoms with Gasteiger partial charge in [-0.05, 0) is 18.8 Å². The second-order valence-corrected chi connectivity index (χ2v) is 4.38. The van der Waals surface area contributed by atoms with E-state index in [1.807, 2.05) is 0 Å². The number of amidine groups is 1. The van der Waals surface area contributed by atoms with E-state index in [2.05, 4.69) is 24.3 Å². The molecule has 1 fully saturated rings. The van der Waals surface area contributed by atoms with Crippen LogP contribution in [0.25, 0.3) is 0 Å². The second-order valence-electron chi connectivity index (χ2n) is 4.38. The van der Waals surface area contributed by atoms with Crippen LogP contribution in [0, 0.1) is 5.92 Å². The molecule has 3 N–H and O–H groups in total. The summed E-state index contributed by atoms with van der Waals surface area (Å²) in [6.07, 6.45) is 7.32. The third kappa shape index (κ3) is 3.66. The molecule has 0 aromatic heterocycles. The van der Waals surface area contributed by atoms with Crippen molar-refractivity contribution < 1.29 is 0 Å². The van der Waals surface area contributed by atoms with E-state index in [1.165, 1.54) is 32.1 Å². The number of rotatable bonds is 4. The van der Waals surface area contributed by atoms with Gasteiger partial charge < -0.3 is 5.43 Å². The molecular weight excluding hydrogens is 174 g/mol. The van der Waals surface area contributed by atoms with Crippen LogP contribution >= 0.6 is 0 Å². The Morgan fingerprint density at radius 1 is 1.50 bits per heavy atom. The highest BCUT2D eigenvalue weighted by Crippen LogP contribution is 2.21. The molecule has 3 nitrogen and oxygen atoms in total. The smallest absolute Gasteiger partial charge is 0.111 e. The number of aliphatic imine (C=N–C) groups is 1. The van der Waals surface area contributed by atoms with Gasteiger partial charge in [-0.3, -0.25) is 4.99 Å². The molecule has 1 saturated carbocycles. The summed E-state index contributed by atoms with van der Waals surface area (Å²) in [6.45, 7) is 4.44. The number of nitrogens with one attached hydrogen (secondary N) is 1. The topological polar surface area (TPSA) is 50.4 Å². The van der Waals surface area contributed by atoms with E-state index in [9.17, 15) is 0 Å². The lowest BCUT2D eigenvalue weighted by molar-refractivity contribution is 0.573. The number of nitrogens with two attached hydrogens (primary N) is 1. The van der Waals surface area contributed by atoms with Crippen molar-refractivity contribution in [1.29, 1.82) is 0 Å². The number of hydrazine groups is 1. The highest BCUT2D eigenvalue weighted by molar-refractivity contribution is 5.81. The fourth-order valence-corrected chi connectivity index (χ4v) is 1.88. The molecule has 0 spiro atoms. The summed E-state index contributed by atoms with van der Waals surface area (Å²) >= 11 is 0. The first-order chi connectivity index (χ1) is 6.76. The van der Waals surface area contributed by atoms with E-state index < -0.39 is 0 Å². The van der Waals surface area contributed by atoms with E-state index in [0.717, 1.165) is 12.3 Å². The Morgan fingerprint density at radius 3 is 2.64 bits per heavy atom. The van der Waals surface area contributed by atoms with Crippen LogP contribution in [0.1, 0.15) is 52.4 Å². The molecule has 0 saturated heterocycles. The van der Waals surface area contributed by atoms with Crippen molar-refractivity contribution in [2.75, 3.05) is 0 Å². The average molecular weight is 197 g/mol. The molecular formula is C11H23N3. The maximum absolute atomic E-state index is 5.47. The lowest BCUT2D eigenvalue weighted by atomic mass is 10.0. The molecule has 1 rings (SSSR count). The molecule has 1 aliphatic carbocycles. The van der Waals surface area contributed by atoms with Crippen molar-refractivity contribution in [2.45, 2.75) is 58.4 Å². The van der Waals surface area contributed by atoms with Gasteiger partial charge in [0.1, 0.15) is 5.84 Å². The molecule has 0 aromatic carbocycles. The summed E-state index contributed by atoms with van der Waals surface area (Å²) in [5.74, 6) is 7.14. The van der Waals surface area contributed by atoms with Gasteiger partial charge in [0.15, 0.2) is 0 Å². The first-order valence-corrected chi connectivity index (χ1v) is 5.79. The largest absolute Gasteiger partial charge is 0.312 e.